The van der Waals surface area contributed by atoms with E-state index in [2.05, 4.69) is 22.0 Å². The van der Waals surface area contributed by atoms with E-state index in [9.17, 15) is 0 Å². The summed E-state index contributed by atoms with van der Waals surface area (Å²) >= 11 is 5.87. The van der Waals surface area contributed by atoms with E-state index in [-0.39, 0.29) is 6.04 Å². The molecule has 1 aromatic heterocycles. The topological polar surface area (TPSA) is 57.9 Å². The largest absolute Gasteiger partial charge is 0.382 e. The van der Waals surface area contributed by atoms with Crippen LogP contribution in [0.5, 0.6) is 0 Å². The van der Waals surface area contributed by atoms with Crippen LogP contribution in [0.15, 0.2) is 30.5 Å². The monoisotopic (exact) mass is 250 g/mol. The molecule has 0 spiro atoms. The molecule has 1 unspecified atom stereocenters. The first-order chi connectivity index (χ1) is 8.09. The average Bonchev–Trinajstić information content (AvgIpc) is 2.74. The van der Waals surface area contributed by atoms with Crippen LogP contribution in [0, 0.1) is 0 Å². The van der Waals surface area contributed by atoms with Crippen molar-refractivity contribution < 1.29 is 0 Å². The van der Waals surface area contributed by atoms with Gasteiger partial charge in [-0.15, -0.1) is 0 Å². The third kappa shape index (κ3) is 2.36. The fraction of sp³-hybridized carbons (Fsp3) is 0.250. The molecular formula is C12H15ClN4. The van der Waals surface area contributed by atoms with Crippen molar-refractivity contribution in [2.45, 2.75) is 13.0 Å². The highest BCUT2D eigenvalue weighted by Crippen LogP contribution is 2.28. The quantitative estimate of drug-likeness (QED) is 0.881. The second kappa shape index (κ2) is 4.67. The molecule has 0 aliphatic rings. The summed E-state index contributed by atoms with van der Waals surface area (Å²) in [5.74, 6) is 0.577. The van der Waals surface area contributed by atoms with Gasteiger partial charge in [0.25, 0.3) is 0 Å². The number of hydrogen-bond donors (Lipinski definition) is 2. The molecule has 90 valence electrons. The molecule has 4 nitrogen and oxygen atoms in total. The Hall–Kier alpha value is -1.68. The zero-order chi connectivity index (χ0) is 12.4. The highest BCUT2D eigenvalue weighted by molar-refractivity contribution is 6.30. The zero-order valence-corrected chi connectivity index (χ0v) is 10.6. The summed E-state index contributed by atoms with van der Waals surface area (Å²) in [6.07, 6.45) is 1.72. The van der Waals surface area contributed by atoms with E-state index in [0.717, 1.165) is 10.7 Å². The number of nitrogens with two attached hydrogens (primary N) is 1. The minimum atomic E-state index is 0.201. The predicted octanol–water partition coefficient (Wildman–Crippen LogP) is 2.84. The van der Waals surface area contributed by atoms with Crippen molar-refractivity contribution in [2.24, 2.45) is 0 Å². The normalized spacial score (nSPS) is 12.4. The van der Waals surface area contributed by atoms with Crippen LogP contribution in [0.2, 0.25) is 5.02 Å². The molecule has 1 heterocycles. The van der Waals surface area contributed by atoms with Crippen molar-refractivity contribution in [2.75, 3.05) is 17.7 Å². The Balaban J connectivity index is 2.23. The number of aromatic nitrogens is 2. The van der Waals surface area contributed by atoms with E-state index in [4.69, 9.17) is 17.3 Å². The van der Waals surface area contributed by atoms with Gasteiger partial charge in [-0.3, -0.25) is 5.10 Å². The number of halogens is 1. The van der Waals surface area contributed by atoms with Crippen LogP contribution < -0.4 is 10.6 Å². The molecule has 0 saturated carbocycles. The highest BCUT2D eigenvalue weighted by Gasteiger charge is 2.15. The van der Waals surface area contributed by atoms with Gasteiger partial charge in [-0.1, -0.05) is 23.7 Å². The first-order valence-electron chi connectivity index (χ1n) is 5.36. The van der Waals surface area contributed by atoms with Crippen LogP contribution in [-0.4, -0.2) is 17.2 Å². The maximum absolute atomic E-state index is 5.87. The molecule has 0 radical (unpaired) electrons. The van der Waals surface area contributed by atoms with Gasteiger partial charge in [0.15, 0.2) is 0 Å². The fourth-order valence-corrected chi connectivity index (χ4v) is 1.87. The second-order valence-electron chi connectivity index (χ2n) is 4.01. The SMILES string of the molecule is CC(c1ccc(Cl)cc1)N(C)c1cn[nH]c1N. The van der Waals surface area contributed by atoms with Gasteiger partial charge in [-0.05, 0) is 24.6 Å². The number of H-pyrrole nitrogens is 1. The van der Waals surface area contributed by atoms with Gasteiger partial charge < -0.3 is 10.6 Å². The molecule has 0 aliphatic heterocycles. The molecule has 2 aromatic rings. The summed E-state index contributed by atoms with van der Waals surface area (Å²) in [5.41, 5.74) is 7.87. The first-order valence-corrected chi connectivity index (χ1v) is 5.74. The number of benzene rings is 1. The van der Waals surface area contributed by atoms with Crippen molar-refractivity contribution in [3.05, 3.63) is 41.0 Å². The lowest BCUT2D eigenvalue weighted by atomic mass is 10.1. The van der Waals surface area contributed by atoms with E-state index in [1.807, 2.05) is 31.3 Å². The molecule has 5 heteroatoms. The maximum Gasteiger partial charge on any atom is 0.142 e. The second-order valence-corrected chi connectivity index (χ2v) is 4.44. The molecule has 3 N–H and O–H groups in total. The third-order valence-corrected chi connectivity index (χ3v) is 3.21. The minimum Gasteiger partial charge on any atom is -0.382 e. The van der Waals surface area contributed by atoms with Gasteiger partial charge in [-0.25, -0.2) is 0 Å². The van der Waals surface area contributed by atoms with E-state index < -0.39 is 0 Å². The summed E-state index contributed by atoms with van der Waals surface area (Å²) in [5, 5.41) is 7.39. The summed E-state index contributed by atoms with van der Waals surface area (Å²) in [6.45, 7) is 2.11. The minimum absolute atomic E-state index is 0.201. The third-order valence-electron chi connectivity index (χ3n) is 2.96. The molecule has 0 fully saturated rings. The molecule has 0 aliphatic carbocycles. The lowest BCUT2D eigenvalue weighted by Gasteiger charge is -2.26. The van der Waals surface area contributed by atoms with Gasteiger partial charge in [0.1, 0.15) is 5.82 Å². The predicted molar refractivity (Wildman–Crippen MR) is 71.3 cm³/mol. The van der Waals surface area contributed by atoms with Crippen LogP contribution in [-0.2, 0) is 0 Å². The van der Waals surface area contributed by atoms with Crippen LogP contribution in [0.25, 0.3) is 0 Å². The number of aromatic amines is 1. The van der Waals surface area contributed by atoms with E-state index >= 15 is 0 Å². The van der Waals surface area contributed by atoms with Crippen molar-refractivity contribution in [3.63, 3.8) is 0 Å². The van der Waals surface area contributed by atoms with Gasteiger partial charge in [0, 0.05) is 12.1 Å². The lowest BCUT2D eigenvalue weighted by molar-refractivity contribution is 0.741. The lowest BCUT2D eigenvalue weighted by Crippen LogP contribution is -2.22. The van der Waals surface area contributed by atoms with Crippen molar-refractivity contribution in [1.29, 1.82) is 0 Å². The molecular weight excluding hydrogens is 236 g/mol. The Morgan fingerprint density at radius 2 is 2.00 bits per heavy atom. The number of hydrogen-bond acceptors (Lipinski definition) is 3. The Bertz CT molecular complexity index is 491. The summed E-state index contributed by atoms with van der Waals surface area (Å²) in [6, 6.07) is 8.01. The molecule has 0 saturated heterocycles. The van der Waals surface area contributed by atoms with E-state index in [1.165, 1.54) is 5.56 Å². The maximum atomic E-state index is 5.87. The number of rotatable bonds is 3. The van der Waals surface area contributed by atoms with Crippen LogP contribution >= 0.6 is 11.6 Å². The Morgan fingerprint density at radius 3 is 2.53 bits per heavy atom. The summed E-state index contributed by atoms with van der Waals surface area (Å²) in [7, 11) is 1.99. The molecule has 1 aromatic carbocycles. The number of anilines is 2. The highest BCUT2D eigenvalue weighted by atomic mass is 35.5. The molecule has 0 bridgehead atoms. The molecule has 0 amide bonds. The first kappa shape index (κ1) is 11.8. The Labute approximate surface area is 105 Å². The molecule has 1 atom stereocenters. The van der Waals surface area contributed by atoms with Crippen LogP contribution in [0.4, 0.5) is 11.5 Å². The van der Waals surface area contributed by atoms with E-state index in [1.54, 1.807) is 6.20 Å². The van der Waals surface area contributed by atoms with Crippen LogP contribution in [0.3, 0.4) is 0 Å². The summed E-state index contributed by atoms with van der Waals surface area (Å²) < 4.78 is 0. The zero-order valence-electron chi connectivity index (χ0n) is 9.81. The van der Waals surface area contributed by atoms with Crippen molar-refractivity contribution >= 4 is 23.1 Å². The molecule has 2 rings (SSSR count). The molecule has 17 heavy (non-hydrogen) atoms. The van der Waals surface area contributed by atoms with Crippen molar-refractivity contribution in [3.8, 4) is 0 Å². The number of nitrogens with zero attached hydrogens (tertiary/aromatic N) is 2. The number of nitrogens with one attached hydrogen (secondary N) is 1. The smallest absolute Gasteiger partial charge is 0.142 e. The number of nitrogen functional groups attached to an aromatic ring is 1. The standard InChI is InChI=1S/C12H15ClN4/c1-8(9-3-5-10(13)6-4-9)17(2)11-7-15-16-12(11)14/h3-8H,1-2H3,(H3,14,15,16). The van der Waals surface area contributed by atoms with Crippen molar-refractivity contribution in [1.82, 2.24) is 10.2 Å². The van der Waals surface area contributed by atoms with Gasteiger partial charge in [0.05, 0.1) is 17.9 Å². The van der Waals surface area contributed by atoms with E-state index in [0.29, 0.717) is 5.82 Å². The fourth-order valence-electron chi connectivity index (χ4n) is 1.74. The summed E-state index contributed by atoms with van der Waals surface area (Å²) in [4.78, 5) is 2.07. The van der Waals surface area contributed by atoms with Gasteiger partial charge in [-0.2, -0.15) is 5.10 Å². The average molecular weight is 251 g/mol. The Morgan fingerprint density at radius 1 is 1.35 bits per heavy atom. The van der Waals surface area contributed by atoms with Gasteiger partial charge in [0.2, 0.25) is 0 Å². The Kier molecular flexibility index (Phi) is 3.24. The van der Waals surface area contributed by atoms with Gasteiger partial charge >= 0.3 is 0 Å². The van der Waals surface area contributed by atoms with Crippen LogP contribution in [0.1, 0.15) is 18.5 Å².